The Kier molecular flexibility index (Phi) is 5.08. The van der Waals surface area contributed by atoms with Gasteiger partial charge in [0.05, 0.1) is 5.75 Å². The number of rotatable bonds is 6. The van der Waals surface area contributed by atoms with Gasteiger partial charge in [-0.05, 0) is 12.8 Å². The van der Waals surface area contributed by atoms with Crippen molar-refractivity contribution >= 4 is 15.9 Å². The molecule has 12 heavy (non-hydrogen) atoms. The lowest BCUT2D eigenvalue weighted by Gasteiger charge is -1.96. The molecule has 0 saturated heterocycles. The van der Waals surface area contributed by atoms with E-state index in [1.165, 1.54) is 0 Å². The first kappa shape index (κ1) is 11.6. The van der Waals surface area contributed by atoms with Crippen LogP contribution in [0.3, 0.4) is 0 Å². The minimum Gasteiger partial charge on any atom is -0.300 e. The summed E-state index contributed by atoms with van der Waals surface area (Å²) < 4.78 is 28.8. The average molecular weight is 194 g/mol. The molecule has 0 aliphatic heterocycles. The number of carbonyl (C=O) groups is 1. The Morgan fingerprint density at radius 1 is 1.33 bits per heavy atom. The fourth-order valence-electron chi connectivity index (χ4n) is 0.856. The minimum absolute atomic E-state index is 0.0566. The molecule has 0 aliphatic rings. The fourth-order valence-corrected chi connectivity index (χ4v) is 1.36. The third-order valence-electron chi connectivity index (χ3n) is 1.39. The third-order valence-corrected chi connectivity index (χ3v) is 2.19. The Morgan fingerprint density at radius 2 is 1.92 bits per heavy atom. The van der Waals surface area contributed by atoms with E-state index in [9.17, 15) is 13.2 Å². The third kappa shape index (κ3) is 7.68. The molecule has 0 rings (SSSR count). The molecule has 0 bridgehead atoms. The lowest BCUT2D eigenvalue weighted by atomic mass is 10.1. The first-order valence-corrected chi connectivity index (χ1v) is 5.53. The van der Waals surface area contributed by atoms with Gasteiger partial charge in [0.15, 0.2) is 0 Å². The second-order valence-electron chi connectivity index (χ2n) is 2.68. The van der Waals surface area contributed by atoms with Crippen molar-refractivity contribution in [1.82, 2.24) is 0 Å². The van der Waals surface area contributed by atoms with Gasteiger partial charge in [-0.1, -0.05) is 6.92 Å². The van der Waals surface area contributed by atoms with Gasteiger partial charge in [-0.3, -0.25) is 9.35 Å². The highest BCUT2D eigenvalue weighted by molar-refractivity contribution is 7.85. The van der Waals surface area contributed by atoms with E-state index in [0.717, 1.165) is 6.42 Å². The van der Waals surface area contributed by atoms with Gasteiger partial charge >= 0.3 is 0 Å². The lowest BCUT2D eigenvalue weighted by molar-refractivity contribution is -0.119. The summed E-state index contributed by atoms with van der Waals surface area (Å²) in [6.45, 7) is 1.89. The van der Waals surface area contributed by atoms with Crippen LogP contribution in [0.4, 0.5) is 0 Å². The van der Waals surface area contributed by atoms with Gasteiger partial charge in [-0.25, -0.2) is 0 Å². The van der Waals surface area contributed by atoms with Gasteiger partial charge in [0.25, 0.3) is 10.1 Å². The summed E-state index contributed by atoms with van der Waals surface area (Å²) in [6, 6.07) is 0. The van der Waals surface area contributed by atoms with Crippen LogP contribution in [0.2, 0.25) is 0 Å². The Labute approximate surface area is 72.7 Å². The fraction of sp³-hybridized carbons (Fsp3) is 0.857. The predicted molar refractivity (Wildman–Crippen MR) is 45.6 cm³/mol. The van der Waals surface area contributed by atoms with E-state index in [4.69, 9.17) is 4.55 Å². The number of hydrogen-bond donors (Lipinski definition) is 1. The van der Waals surface area contributed by atoms with Crippen LogP contribution in [0, 0.1) is 0 Å². The molecule has 0 amide bonds. The Bertz CT molecular complexity index is 230. The van der Waals surface area contributed by atoms with Crippen LogP contribution in [0.25, 0.3) is 0 Å². The molecule has 0 radical (unpaired) electrons. The van der Waals surface area contributed by atoms with Crippen LogP contribution in [-0.2, 0) is 14.9 Å². The number of hydrogen-bond acceptors (Lipinski definition) is 3. The normalized spacial score (nSPS) is 11.5. The molecular formula is C7H14O4S. The van der Waals surface area contributed by atoms with E-state index in [1.54, 1.807) is 0 Å². The maximum Gasteiger partial charge on any atom is 0.264 e. The minimum atomic E-state index is -3.89. The summed E-state index contributed by atoms with van der Waals surface area (Å²) in [6.07, 6.45) is 1.74. The van der Waals surface area contributed by atoms with Crippen molar-refractivity contribution < 1.29 is 17.8 Å². The van der Waals surface area contributed by atoms with Gasteiger partial charge in [0.1, 0.15) is 5.78 Å². The molecule has 5 heteroatoms. The highest BCUT2D eigenvalue weighted by Crippen LogP contribution is 1.99. The van der Waals surface area contributed by atoms with E-state index >= 15 is 0 Å². The average Bonchev–Trinajstić information content (AvgIpc) is 1.84. The zero-order valence-corrected chi connectivity index (χ0v) is 7.93. The van der Waals surface area contributed by atoms with Crippen molar-refractivity contribution in [3.63, 3.8) is 0 Å². The van der Waals surface area contributed by atoms with Crippen molar-refractivity contribution in [3.05, 3.63) is 0 Å². The van der Waals surface area contributed by atoms with Gasteiger partial charge < -0.3 is 0 Å². The van der Waals surface area contributed by atoms with Crippen LogP contribution in [0.15, 0.2) is 0 Å². The SMILES string of the molecule is CCCC(=O)CCCS(=O)(=O)O. The Morgan fingerprint density at radius 3 is 2.33 bits per heavy atom. The highest BCUT2D eigenvalue weighted by atomic mass is 32.2. The Hall–Kier alpha value is -0.420. The van der Waals surface area contributed by atoms with Crippen LogP contribution in [0.5, 0.6) is 0 Å². The molecule has 0 aromatic heterocycles. The van der Waals surface area contributed by atoms with E-state index in [0.29, 0.717) is 6.42 Å². The van der Waals surface area contributed by atoms with Crippen molar-refractivity contribution in [1.29, 1.82) is 0 Å². The van der Waals surface area contributed by atoms with Gasteiger partial charge in [-0.2, -0.15) is 8.42 Å². The molecule has 0 aliphatic carbocycles. The summed E-state index contributed by atoms with van der Waals surface area (Å²) in [5.41, 5.74) is 0. The molecule has 0 atom stereocenters. The number of carbonyl (C=O) groups excluding carboxylic acids is 1. The topological polar surface area (TPSA) is 71.4 Å². The molecule has 1 N–H and O–H groups in total. The summed E-state index contributed by atoms with van der Waals surface area (Å²) >= 11 is 0. The van der Waals surface area contributed by atoms with Crippen LogP contribution >= 0.6 is 0 Å². The van der Waals surface area contributed by atoms with Crippen LogP contribution < -0.4 is 0 Å². The van der Waals surface area contributed by atoms with Gasteiger partial charge in [-0.15, -0.1) is 0 Å². The molecule has 0 fully saturated rings. The molecular weight excluding hydrogens is 180 g/mol. The van der Waals surface area contributed by atoms with Crippen molar-refractivity contribution in [3.8, 4) is 0 Å². The second kappa shape index (κ2) is 5.27. The van der Waals surface area contributed by atoms with Gasteiger partial charge in [0, 0.05) is 12.8 Å². The number of ketones is 1. The predicted octanol–water partition coefficient (Wildman–Crippen LogP) is 1.02. The zero-order chi connectivity index (χ0) is 9.61. The van der Waals surface area contributed by atoms with Crippen LogP contribution in [0.1, 0.15) is 32.6 Å². The van der Waals surface area contributed by atoms with E-state index < -0.39 is 10.1 Å². The summed E-state index contributed by atoms with van der Waals surface area (Å²) in [5.74, 6) is -0.260. The maximum atomic E-state index is 10.9. The summed E-state index contributed by atoms with van der Waals surface area (Å²) in [4.78, 5) is 10.9. The maximum absolute atomic E-state index is 10.9. The molecule has 0 saturated carbocycles. The van der Waals surface area contributed by atoms with Gasteiger partial charge in [0.2, 0.25) is 0 Å². The molecule has 4 nitrogen and oxygen atoms in total. The van der Waals surface area contributed by atoms with Crippen molar-refractivity contribution in [2.75, 3.05) is 5.75 Å². The first-order valence-electron chi connectivity index (χ1n) is 3.92. The highest BCUT2D eigenvalue weighted by Gasteiger charge is 2.06. The van der Waals surface area contributed by atoms with Crippen molar-refractivity contribution in [2.24, 2.45) is 0 Å². The van der Waals surface area contributed by atoms with E-state index in [-0.39, 0.29) is 24.4 Å². The zero-order valence-electron chi connectivity index (χ0n) is 7.12. The molecule has 0 heterocycles. The monoisotopic (exact) mass is 194 g/mol. The molecule has 0 spiro atoms. The molecule has 0 aromatic carbocycles. The van der Waals surface area contributed by atoms with E-state index in [2.05, 4.69) is 0 Å². The lowest BCUT2D eigenvalue weighted by Crippen LogP contribution is -2.06. The van der Waals surface area contributed by atoms with E-state index in [1.807, 2.05) is 6.92 Å². The van der Waals surface area contributed by atoms with Crippen LogP contribution in [-0.4, -0.2) is 24.5 Å². The van der Waals surface area contributed by atoms with Crippen molar-refractivity contribution in [2.45, 2.75) is 32.6 Å². The first-order chi connectivity index (χ1) is 5.45. The largest absolute Gasteiger partial charge is 0.300 e. The smallest absolute Gasteiger partial charge is 0.264 e. The number of Topliss-reactive ketones (excluding diaryl/α,β-unsaturated/α-hetero) is 1. The Balaban J connectivity index is 3.51. The quantitative estimate of drug-likeness (QED) is 0.641. The molecule has 72 valence electrons. The molecule has 0 aromatic rings. The standard InChI is InChI=1S/C7H14O4S/c1-2-4-7(8)5-3-6-12(9,10)11/h2-6H2,1H3,(H,9,10,11). The molecule has 0 unspecified atom stereocenters. The second-order valence-corrected chi connectivity index (χ2v) is 4.25. The summed E-state index contributed by atoms with van der Waals surface area (Å²) in [5, 5.41) is 0. The summed E-state index contributed by atoms with van der Waals surface area (Å²) in [7, 11) is -3.89.